The summed E-state index contributed by atoms with van der Waals surface area (Å²) in [6.45, 7) is 6.21. The van der Waals surface area contributed by atoms with E-state index in [1.165, 1.54) is 0 Å². The van der Waals surface area contributed by atoms with E-state index in [9.17, 15) is 5.26 Å². The van der Waals surface area contributed by atoms with Crippen LogP contribution in [0.15, 0.2) is 53.1 Å². The molecule has 0 bridgehead atoms. The summed E-state index contributed by atoms with van der Waals surface area (Å²) in [5.74, 6) is 2.32. The van der Waals surface area contributed by atoms with Crippen molar-refractivity contribution in [2.75, 3.05) is 31.1 Å². The van der Waals surface area contributed by atoms with Gasteiger partial charge in [-0.2, -0.15) is 5.26 Å². The molecule has 27 heavy (non-hydrogen) atoms. The first-order chi connectivity index (χ1) is 13.2. The number of hydrogen-bond acceptors (Lipinski definition) is 6. The van der Waals surface area contributed by atoms with Gasteiger partial charge in [-0.05, 0) is 31.2 Å². The van der Waals surface area contributed by atoms with Gasteiger partial charge < -0.3 is 9.32 Å². The van der Waals surface area contributed by atoms with Gasteiger partial charge in [-0.3, -0.25) is 4.90 Å². The minimum Gasteiger partial charge on any atom is -0.441 e. The zero-order valence-corrected chi connectivity index (χ0v) is 15.3. The summed E-state index contributed by atoms with van der Waals surface area (Å²) in [4.78, 5) is 13.6. The van der Waals surface area contributed by atoms with Gasteiger partial charge in [0.25, 0.3) is 0 Å². The molecule has 6 heteroatoms. The molecule has 3 aromatic rings. The van der Waals surface area contributed by atoms with Gasteiger partial charge in [-0.25, -0.2) is 9.97 Å². The van der Waals surface area contributed by atoms with E-state index in [1.807, 2.05) is 43.3 Å². The molecule has 1 aliphatic heterocycles. The van der Waals surface area contributed by atoms with Crippen molar-refractivity contribution in [3.8, 4) is 17.5 Å². The lowest BCUT2D eigenvalue weighted by Crippen LogP contribution is -2.46. The van der Waals surface area contributed by atoms with Gasteiger partial charge in [0.05, 0.1) is 11.3 Å². The summed E-state index contributed by atoms with van der Waals surface area (Å²) in [5.41, 5.74) is 2.61. The summed E-state index contributed by atoms with van der Waals surface area (Å²) in [5, 5.41) is 9.28. The Hall–Kier alpha value is -3.17. The number of oxazole rings is 1. The van der Waals surface area contributed by atoms with Gasteiger partial charge >= 0.3 is 0 Å². The van der Waals surface area contributed by atoms with Crippen molar-refractivity contribution in [3.63, 3.8) is 0 Å². The Balaban J connectivity index is 1.41. The molecule has 3 heterocycles. The van der Waals surface area contributed by atoms with Gasteiger partial charge in [0.1, 0.15) is 17.6 Å². The maximum Gasteiger partial charge on any atom is 0.226 e. The SMILES string of the molecule is Cc1oc(-c2ccccc2)nc1CN1CCN(c2ncccc2C#N)CC1. The molecule has 4 rings (SSSR count). The smallest absolute Gasteiger partial charge is 0.226 e. The lowest BCUT2D eigenvalue weighted by Gasteiger charge is -2.35. The predicted octanol–water partition coefficient (Wildman–Crippen LogP) is 3.24. The van der Waals surface area contributed by atoms with E-state index < -0.39 is 0 Å². The fraction of sp³-hybridized carbons (Fsp3) is 0.286. The Morgan fingerprint density at radius 1 is 1.07 bits per heavy atom. The average molecular weight is 359 g/mol. The van der Waals surface area contributed by atoms with Crippen molar-refractivity contribution >= 4 is 5.82 Å². The molecule has 0 spiro atoms. The lowest BCUT2D eigenvalue weighted by molar-refractivity contribution is 0.245. The third-order valence-corrected chi connectivity index (χ3v) is 4.87. The van der Waals surface area contributed by atoms with Crippen LogP contribution in [0.5, 0.6) is 0 Å². The van der Waals surface area contributed by atoms with Crippen LogP contribution in [0.25, 0.3) is 11.5 Å². The number of piperazine rings is 1. The molecule has 1 fully saturated rings. The van der Waals surface area contributed by atoms with Crippen molar-refractivity contribution in [1.82, 2.24) is 14.9 Å². The van der Waals surface area contributed by atoms with E-state index in [1.54, 1.807) is 12.3 Å². The largest absolute Gasteiger partial charge is 0.441 e. The average Bonchev–Trinajstić information content (AvgIpc) is 3.09. The number of aryl methyl sites for hydroxylation is 1. The standard InChI is InChI=1S/C21H21N5O/c1-16-19(24-21(27-16)17-6-3-2-4-7-17)15-25-10-12-26(13-11-25)20-18(14-22)8-5-9-23-20/h2-9H,10-13,15H2,1H3. The molecule has 0 aliphatic carbocycles. The van der Waals surface area contributed by atoms with Crippen LogP contribution in [0.3, 0.4) is 0 Å². The van der Waals surface area contributed by atoms with Crippen molar-refractivity contribution in [3.05, 3.63) is 65.7 Å². The number of aromatic nitrogens is 2. The van der Waals surface area contributed by atoms with Gasteiger partial charge in [0.15, 0.2) is 0 Å². The van der Waals surface area contributed by atoms with Gasteiger partial charge in [0, 0.05) is 44.5 Å². The van der Waals surface area contributed by atoms with Crippen molar-refractivity contribution in [1.29, 1.82) is 5.26 Å². The van der Waals surface area contributed by atoms with E-state index in [4.69, 9.17) is 9.40 Å². The quantitative estimate of drug-likeness (QED) is 0.712. The van der Waals surface area contributed by atoms with Gasteiger partial charge in [-0.1, -0.05) is 18.2 Å². The van der Waals surface area contributed by atoms with Crippen molar-refractivity contribution in [2.45, 2.75) is 13.5 Å². The van der Waals surface area contributed by atoms with Crippen LogP contribution in [-0.2, 0) is 6.54 Å². The molecule has 0 saturated carbocycles. The third kappa shape index (κ3) is 3.69. The minimum atomic E-state index is 0.630. The highest BCUT2D eigenvalue weighted by Crippen LogP contribution is 2.23. The number of rotatable bonds is 4. The normalized spacial score (nSPS) is 14.9. The Morgan fingerprint density at radius 2 is 1.85 bits per heavy atom. The third-order valence-electron chi connectivity index (χ3n) is 4.87. The Labute approximate surface area is 158 Å². The van der Waals surface area contributed by atoms with Crippen LogP contribution in [0.4, 0.5) is 5.82 Å². The first-order valence-corrected chi connectivity index (χ1v) is 9.09. The van der Waals surface area contributed by atoms with Gasteiger partial charge in [0.2, 0.25) is 5.89 Å². The van der Waals surface area contributed by atoms with Crippen LogP contribution in [-0.4, -0.2) is 41.0 Å². The fourth-order valence-corrected chi connectivity index (χ4v) is 3.34. The Morgan fingerprint density at radius 3 is 2.59 bits per heavy atom. The zero-order valence-electron chi connectivity index (χ0n) is 15.3. The maximum atomic E-state index is 9.28. The number of nitrogens with zero attached hydrogens (tertiary/aromatic N) is 5. The maximum absolute atomic E-state index is 9.28. The van der Waals surface area contributed by atoms with Gasteiger partial charge in [-0.15, -0.1) is 0 Å². The Kier molecular flexibility index (Phi) is 4.86. The van der Waals surface area contributed by atoms with Crippen LogP contribution in [0, 0.1) is 18.3 Å². The molecular formula is C21H21N5O. The fourth-order valence-electron chi connectivity index (χ4n) is 3.34. The van der Waals surface area contributed by atoms with Crippen molar-refractivity contribution in [2.24, 2.45) is 0 Å². The summed E-state index contributed by atoms with van der Waals surface area (Å²) in [6.07, 6.45) is 1.74. The van der Waals surface area contributed by atoms with E-state index in [0.29, 0.717) is 11.5 Å². The van der Waals surface area contributed by atoms with E-state index in [2.05, 4.69) is 20.9 Å². The number of benzene rings is 1. The molecule has 1 saturated heterocycles. The highest BCUT2D eigenvalue weighted by molar-refractivity contribution is 5.54. The highest BCUT2D eigenvalue weighted by atomic mass is 16.4. The van der Waals surface area contributed by atoms with E-state index >= 15 is 0 Å². The summed E-state index contributed by atoms with van der Waals surface area (Å²) in [7, 11) is 0. The molecule has 0 amide bonds. The van der Waals surface area contributed by atoms with Crippen molar-refractivity contribution < 1.29 is 4.42 Å². The van der Waals surface area contributed by atoms with Crippen LogP contribution < -0.4 is 4.90 Å². The second-order valence-electron chi connectivity index (χ2n) is 6.64. The molecule has 0 N–H and O–H groups in total. The highest BCUT2D eigenvalue weighted by Gasteiger charge is 2.22. The van der Waals surface area contributed by atoms with Crippen LogP contribution >= 0.6 is 0 Å². The second kappa shape index (κ2) is 7.60. The molecule has 1 aromatic carbocycles. The monoisotopic (exact) mass is 359 g/mol. The predicted molar refractivity (Wildman–Crippen MR) is 103 cm³/mol. The van der Waals surface area contributed by atoms with Crippen LogP contribution in [0.2, 0.25) is 0 Å². The first-order valence-electron chi connectivity index (χ1n) is 9.09. The number of hydrogen-bond donors (Lipinski definition) is 0. The summed E-state index contributed by atoms with van der Waals surface area (Å²) >= 11 is 0. The Bertz CT molecular complexity index is 952. The van der Waals surface area contributed by atoms with E-state index in [0.717, 1.165) is 55.6 Å². The summed E-state index contributed by atoms with van der Waals surface area (Å²) < 4.78 is 5.87. The molecule has 0 atom stereocenters. The van der Waals surface area contributed by atoms with E-state index in [-0.39, 0.29) is 0 Å². The lowest BCUT2D eigenvalue weighted by atomic mass is 10.2. The molecule has 2 aromatic heterocycles. The summed E-state index contributed by atoms with van der Waals surface area (Å²) in [6, 6.07) is 15.8. The number of pyridine rings is 1. The molecule has 136 valence electrons. The number of nitriles is 1. The number of anilines is 1. The zero-order chi connectivity index (χ0) is 18.6. The molecule has 6 nitrogen and oxygen atoms in total. The molecule has 1 aliphatic rings. The topological polar surface area (TPSA) is 69.2 Å². The molecule has 0 radical (unpaired) electrons. The van der Waals surface area contributed by atoms with Crippen LogP contribution in [0.1, 0.15) is 17.0 Å². The first kappa shape index (κ1) is 17.3. The second-order valence-corrected chi connectivity index (χ2v) is 6.64. The minimum absolute atomic E-state index is 0.630. The molecular weight excluding hydrogens is 338 g/mol. The molecule has 0 unspecified atom stereocenters.